The van der Waals surface area contributed by atoms with Gasteiger partial charge in [-0.25, -0.2) is 9.98 Å². The van der Waals surface area contributed by atoms with Crippen molar-refractivity contribution in [1.82, 2.24) is 4.90 Å². The zero-order chi connectivity index (χ0) is 29.0. The molecule has 4 heteroatoms. The summed E-state index contributed by atoms with van der Waals surface area (Å²) in [6, 6.07) is 45.4. The van der Waals surface area contributed by atoms with Crippen LogP contribution < -0.4 is 10.7 Å². The van der Waals surface area contributed by atoms with Crippen LogP contribution in [0.5, 0.6) is 0 Å². The first-order chi connectivity index (χ1) is 19.9. The maximum atomic E-state index is 4.51. The summed E-state index contributed by atoms with van der Waals surface area (Å²) in [5, 5.41) is 0. The van der Waals surface area contributed by atoms with Gasteiger partial charge in [0.2, 0.25) is 0 Å². The molecular weight excluding hydrogens is 605 g/mol. The Bertz CT molecular complexity index is 1420. The van der Waals surface area contributed by atoms with Gasteiger partial charge in [-0.2, -0.15) is 0 Å². The third-order valence-electron chi connectivity index (χ3n) is 6.65. The van der Waals surface area contributed by atoms with Crippen molar-refractivity contribution in [1.29, 1.82) is 0 Å². The molecule has 1 radical (unpaired) electrons. The Balaban J connectivity index is 0.000000191. The predicted molar refractivity (Wildman–Crippen MR) is 180 cm³/mol. The molecule has 0 spiro atoms. The van der Waals surface area contributed by atoms with Crippen LogP contribution in [-0.4, -0.2) is 44.4 Å². The van der Waals surface area contributed by atoms with Gasteiger partial charge in [0.15, 0.2) is 0 Å². The fourth-order valence-corrected chi connectivity index (χ4v) is 11.9. The van der Waals surface area contributed by atoms with Crippen LogP contribution in [0.25, 0.3) is 0 Å². The summed E-state index contributed by atoms with van der Waals surface area (Å²) in [4.78, 5) is 10.9. The second kappa shape index (κ2) is 15.2. The van der Waals surface area contributed by atoms with Gasteiger partial charge in [-0.05, 0) is 51.0 Å². The van der Waals surface area contributed by atoms with Crippen molar-refractivity contribution < 1.29 is 0 Å². The SMILES string of the molecule is Cc1ccc(N=CN(C)C=Nc2ccc(C)cc2C)c(C)c1.c1cc[c]([Sn]([c]2ccccc2)[c]2ccccc2)cc1. The van der Waals surface area contributed by atoms with Gasteiger partial charge in [-0.1, -0.05) is 35.4 Å². The molecule has 0 heterocycles. The zero-order valence-electron chi connectivity index (χ0n) is 24.6. The Morgan fingerprint density at radius 2 is 0.829 bits per heavy atom. The zero-order valence-corrected chi connectivity index (χ0v) is 27.5. The van der Waals surface area contributed by atoms with Gasteiger partial charge in [0.05, 0.1) is 24.1 Å². The topological polar surface area (TPSA) is 28.0 Å². The second-order valence-corrected chi connectivity index (χ2v) is 17.3. The second-order valence-electron chi connectivity index (χ2n) is 10.2. The van der Waals surface area contributed by atoms with Gasteiger partial charge in [0.1, 0.15) is 0 Å². The molecule has 5 aromatic rings. The molecule has 0 aromatic heterocycles. The fourth-order valence-electron chi connectivity index (χ4n) is 4.55. The number of aliphatic imine (C=N–C) groups is 2. The van der Waals surface area contributed by atoms with Crippen LogP contribution in [0.4, 0.5) is 11.4 Å². The number of hydrogen-bond acceptors (Lipinski definition) is 2. The van der Waals surface area contributed by atoms with Crippen molar-refractivity contribution in [2.24, 2.45) is 9.98 Å². The molecule has 0 aliphatic rings. The Morgan fingerprint density at radius 3 is 1.15 bits per heavy atom. The van der Waals surface area contributed by atoms with Crippen molar-refractivity contribution in [2.75, 3.05) is 7.05 Å². The van der Waals surface area contributed by atoms with Gasteiger partial charge >= 0.3 is 121 Å². The molecule has 0 atom stereocenters. The summed E-state index contributed by atoms with van der Waals surface area (Å²) in [7, 11) is 1.93. The Hall–Kier alpha value is -3.96. The van der Waals surface area contributed by atoms with E-state index in [1.807, 2.05) is 24.1 Å². The molecule has 3 nitrogen and oxygen atoms in total. The average molecular weight is 643 g/mol. The number of hydrogen-bond donors (Lipinski definition) is 0. The van der Waals surface area contributed by atoms with Crippen LogP contribution in [0.3, 0.4) is 0 Å². The summed E-state index contributed by atoms with van der Waals surface area (Å²) in [6.07, 6.45) is 3.56. The summed E-state index contributed by atoms with van der Waals surface area (Å²) >= 11 is -1.98. The Morgan fingerprint density at radius 1 is 0.488 bits per heavy atom. The predicted octanol–water partition coefficient (Wildman–Crippen LogP) is 7.07. The van der Waals surface area contributed by atoms with E-state index in [4.69, 9.17) is 0 Å². The van der Waals surface area contributed by atoms with E-state index in [2.05, 4.69) is 153 Å². The van der Waals surface area contributed by atoms with Crippen LogP contribution >= 0.6 is 0 Å². The van der Waals surface area contributed by atoms with E-state index >= 15 is 0 Å². The molecule has 0 amide bonds. The van der Waals surface area contributed by atoms with Gasteiger partial charge in [0, 0.05) is 7.05 Å². The van der Waals surface area contributed by atoms with E-state index in [1.165, 1.54) is 33.0 Å². The monoisotopic (exact) mass is 644 g/mol. The van der Waals surface area contributed by atoms with Crippen molar-refractivity contribution in [2.45, 2.75) is 27.7 Å². The minimum absolute atomic E-state index is 0.984. The van der Waals surface area contributed by atoms with Crippen molar-refractivity contribution in [3.05, 3.63) is 150 Å². The molecule has 0 bridgehead atoms. The van der Waals surface area contributed by atoms with Gasteiger partial charge in [-0.15, -0.1) is 0 Å². The molecule has 0 unspecified atom stereocenters. The molecule has 5 rings (SSSR count). The molecule has 205 valence electrons. The van der Waals surface area contributed by atoms with Gasteiger partial charge < -0.3 is 4.90 Å². The minimum atomic E-state index is -1.98. The molecule has 5 aromatic carbocycles. The Kier molecular flexibility index (Phi) is 11.1. The number of benzene rings is 5. The maximum absolute atomic E-state index is 4.51. The van der Waals surface area contributed by atoms with Crippen LogP contribution in [0.2, 0.25) is 0 Å². The summed E-state index contributed by atoms with van der Waals surface area (Å²) in [5.74, 6) is 0. The molecule has 0 aliphatic carbocycles. The van der Waals surface area contributed by atoms with E-state index in [0.29, 0.717) is 0 Å². The number of aryl methyl sites for hydroxylation is 4. The van der Waals surface area contributed by atoms with Crippen LogP contribution in [0, 0.1) is 27.7 Å². The molecule has 0 saturated heterocycles. The number of nitrogens with zero attached hydrogens (tertiary/aromatic N) is 3. The molecule has 0 fully saturated rings. The van der Waals surface area contributed by atoms with E-state index in [9.17, 15) is 0 Å². The molecule has 0 saturated carbocycles. The standard InChI is InChI=1S/C19H23N3.3C6H5.Sn/c1-14-6-8-18(16(3)10-14)20-12-22(5)13-21-19-9-7-15(2)11-17(19)4;3*1-2-4-6-5-3-1;/h6-13H,1-5H3;3*1-5H;. The Labute approximate surface area is 252 Å². The molecule has 0 aliphatic heterocycles. The van der Waals surface area contributed by atoms with Crippen LogP contribution in [0.15, 0.2) is 137 Å². The molecule has 0 N–H and O–H groups in total. The first-order valence-corrected chi connectivity index (χ1v) is 18.2. The van der Waals surface area contributed by atoms with Crippen molar-refractivity contribution in [3.8, 4) is 0 Å². The third kappa shape index (κ3) is 9.02. The van der Waals surface area contributed by atoms with E-state index in [0.717, 1.165) is 11.4 Å². The van der Waals surface area contributed by atoms with Gasteiger partial charge in [-0.3, -0.25) is 0 Å². The fraction of sp³-hybridized carbons (Fsp3) is 0.135. The third-order valence-corrected chi connectivity index (χ3v) is 14.4. The summed E-state index contributed by atoms with van der Waals surface area (Å²) in [5.41, 5.74) is 6.82. The molecule has 41 heavy (non-hydrogen) atoms. The van der Waals surface area contributed by atoms with Crippen LogP contribution in [0.1, 0.15) is 22.3 Å². The van der Waals surface area contributed by atoms with E-state index < -0.39 is 19.8 Å². The van der Waals surface area contributed by atoms with Crippen LogP contribution in [-0.2, 0) is 0 Å². The first kappa shape index (κ1) is 30.0. The summed E-state index contributed by atoms with van der Waals surface area (Å²) < 4.78 is 4.59. The quantitative estimate of drug-likeness (QED) is 0.106. The average Bonchev–Trinajstić information content (AvgIpc) is 2.98. The normalized spacial score (nSPS) is 11.1. The van der Waals surface area contributed by atoms with E-state index in [1.54, 1.807) is 12.7 Å². The summed E-state index contributed by atoms with van der Waals surface area (Å²) in [6.45, 7) is 8.32. The van der Waals surface area contributed by atoms with Gasteiger partial charge in [0.25, 0.3) is 0 Å². The molecular formula is C37H38N3Sn. The van der Waals surface area contributed by atoms with E-state index in [-0.39, 0.29) is 0 Å². The van der Waals surface area contributed by atoms with Crippen molar-refractivity contribution >= 4 is 54.5 Å². The van der Waals surface area contributed by atoms with Crippen molar-refractivity contribution in [3.63, 3.8) is 0 Å². The first-order valence-electron chi connectivity index (χ1n) is 13.9. The number of rotatable bonds is 7.